The summed E-state index contributed by atoms with van der Waals surface area (Å²) < 4.78 is 0. The number of carbonyl (C=O) groups is 2. The number of carbonyl (C=O) groups excluding carboxylic acids is 1. The lowest BCUT2D eigenvalue weighted by Crippen LogP contribution is -2.41. The number of rotatable bonds is 8. The number of aliphatic carboxylic acids is 1. The Labute approximate surface area is 103 Å². The second kappa shape index (κ2) is 8.06. The van der Waals surface area contributed by atoms with Gasteiger partial charge in [-0.05, 0) is 25.2 Å². The van der Waals surface area contributed by atoms with Crippen LogP contribution in [0.2, 0.25) is 0 Å². The van der Waals surface area contributed by atoms with Crippen LogP contribution in [0.5, 0.6) is 0 Å². The molecule has 0 aliphatic heterocycles. The Bertz CT molecular complexity index is 254. The van der Waals surface area contributed by atoms with Gasteiger partial charge in [0.25, 0.3) is 0 Å². The molecule has 0 radical (unpaired) electrons. The molecule has 0 fully saturated rings. The lowest BCUT2D eigenvalue weighted by molar-refractivity contribution is -0.138. The van der Waals surface area contributed by atoms with Crippen molar-refractivity contribution in [3.63, 3.8) is 0 Å². The fourth-order valence-corrected chi connectivity index (χ4v) is 1.63. The van der Waals surface area contributed by atoms with E-state index < -0.39 is 12.0 Å². The van der Waals surface area contributed by atoms with Gasteiger partial charge in [-0.3, -0.25) is 9.59 Å². The van der Waals surface area contributed by atoms with E-state index in [0.717, 1.165) is 12.8 Å². The van der Waals surface area contributed by atoms with Gasteiger partial charge in [0.05, 0.1) is 6.04 Å². The van der Waals surface area contributed by atoms with Crippen LogP contribution in [0.3, 0.4) is 0 Å². The van der Waals surface area contributed by atoms with Crippen molar-refractivity contribution in [1.29, 1.82) is 0 Å². The molecule has 5 heteroatoms. The van der Waals surface area contributed by atoms with Gasteiger partial charge in [-0.1, -0.05) is 20.3 Å². The zero-order chi connectivity index (χ0) is 13.4. The van der Waals surface area contributed by atoms with Crippen LogP contribution in [0.4, 0.5) is 0 Å². The first-order chi connectivity index (χ1) is 7.86. The molecule has 4 N–H and O–H groups in total. The van der Waals surface area contributed by atoms with Crippen LogP contribution < -0.4 is 11.1 Å². The third-order valence-electron chi connectivity index (χ3n) is 2.87. The minimum Gasteiger partial charge on any atom is -0.481 e. The van der Waals surface area contributed by atoms with Crippen LogP contribution >= 0.6 is 0 Å². The largest absolute Gasteiger partial charge is 0.481 e. The maximum absolute atomic E-state index is 11.3. The third kappa shape index (κ3) is 7.74. The SMILES string of the molecule is CC[C@@H](C)C[C@H](CNC(=O)[C@H](C)N)CC(=O)O. The van der Waals surface area contributed by atoms with Crippen LogP contribution in [0, 0.1) is 11.8 Å². The minimum atomic E-state index is -0.826. The second-order valence-electron chi connectivity index (χ2n) is 4.75. The van der Waals surface area contributed by atoms with Gasteiger partial charge in [-0.2, -0.15) is 0 Å². The standard InChI is InChI=1S/C12H24N2O3/c1-4-8(2)5-10(6-11(15)16)7-14-12(17)9(3)13/h8-10H,4-7,13H2,1-3H3,(H,14,17)(H,15,16)/t8-,9+,10+/m1/s1. The Hall–Kier alpha value is -1.10. The molecule has 0 aliphatic rings. The lowest BCUT2D eigenvalue weighted by Gasteiger charge is -2.19. The molecule has 1 amide bonds. The maximum atomic E-state index is 11.3. The Balaban J connectivity index is 4.19. The Morgan fingerprint density at radius 2 is 1.94 bits per heavy atom. The molecular weight excluding hydrogens is 220 g/mol. The molecule has 100 valence electrons. The number of hydrogen-bond donors (Lipinski definition) is 3. The van der Waals surface area contributed by atoms with E-state index in [2.05, 4.69) is 19.2 Å². The van der Waals surface area contributed by atoms with Crippen LogP contribution in [0.15, 0.2) is 0 Å². The van der Waals surface area contributed by atoms with E-state index in [1.165, 1.54) is 0 Å². The summed E-state index contributed by atoms with van der Waals surface area (Å²) in [6.07, 6.45) is 1.91. The molecule has 0 aliphatic carbocycles. The highest BCUT2D eigenvalue weighted by molar-refractivity contribution is 5.81. The Morgan fingerprint density at radius 3 is 2.35 bits per heavy atom. The number of carboxylic acid groups (broad SMARTS) is 1. The molecule has 0 rings (SSSR count). The monoisotopic (exact) mass is 244 g/mol. The van der Waals surface area contributed by atoms with Gasteiger partial charge in [0.15, 0.2) is 0 Å². The first-order valence-electron chi connectivity index (χ1n) is 6.11. The molecule has 0 spiro atoms. The fraction of sp³-hybridized carbons (Fsp3) is 0.833. The van der Waals surface area contributed by atoms with Gasteiger partial charge in [-0.15, -0.1) is 0 Å². The number of nitrogens with one attached hydrogen (secondary N) is 1. The molecule has 0 unspecified atom stereocenters. The average molecular weight is 244 g/mol. The van der Waals surface area contributed by atoms with E-state index in [0.29, 0.717) is 12.5 Å². The predicted octanol–water partition coefficient (Wildman–Crippen LogP) is 0.977. The topological polar surface area (TPSA) is 92.4 Å². The second-order valence-corrected chi connectivity index (χ2v) is 4.75. The van der Waals surface area contributed by atoms with E-state index in [-0.39, 0.29) is 18.2 Å². The van der Waals surface area contributed by atoms with Crippen molar-refractivity contribution >= 4 is 11.9 Å². The summed E-state index contributed by atoms with van der Waals surface area (Å²) in [5.74, 6) is -0.616. The van der Waals surface area contributed by atoms with Crippen molar-refractivity contribution in [1.82, 2.24) is 5.32 Å². The smallest absolute Gasteiger partial charge is 0.303 e. The zero-order valence-electron chi connectivity index (χ0n) is 10.9. The van der Waals surface area contributed by atoms with Crippen LogP contribution in [0.25, 0.3) is 0 Å². The van der Waals surface area contributed by atoms with Gasteiger partial charge in [0.1, 0.15) is 0 Å². The summed E-state index contributed by atoms with van der Waals surface area (Å²) in [4.78, 5) is 22.0. The number of nitrogens with two attached hydrogens (primary N) is 1. The summed E-state index contributed by atoms with van der Waals surface area (Å²) in [7, 11) is 0. The fourth-order valence-electron chi connectivity index (χ4n) is 1.63. The van der Waals surface area contributed by atoms with Gasteiger partial charge in [0, 0.05) is 13.0 Å². The molecular formula is C12H24N2O3. The molecule has 0 bridgehead atoms. The van der Waals surface area contributed by atoms with Crippen molar-refractivity contribution < 1.29 is 14.7 Å². The molecule has 0 heterocycles. The Kier molecular flexibility index (Phi) is 7.54. The molecule has 0 aromatic heterocycles. The van der Waals surface area contributed by atoms with Gasteiger partial charge >= 0.3 is 5.97 Å². The molecule has 17 heavy (non-hydrogen) atoms. The highest BCUT2D eigenvalue weighted by atomic mass is 16.4. The molecule has 0 aromatic carbocycles. The normalized spacial score (nSPS) is 16.0. The van der Waals surface area contributed by atoms with Gasteiger partial charge in [0.2, 0.25) is 5.91 Å². The van der Waals surface area contributed by atoms with E-state index >= 15 is 0 Å². The van der Waals surface area contributed by atoms with Crippen molar-refractivity contribution in [3.05, 3.63) is 0 Å². The zero-order valence-corrected chi connectivity index (χ0v) is 10.9. The first kappa shape index (κ1) is 15.9. The van der Waals surface area contributed by atoms with Crippen molar-refractivity contribution in [2.45, 2.75) is 46.1 Å². The molecule has 5 nitrogen and oxygen atoms in total. The summed E-state index contributed by atoms with van der Waals surface area (Å²) >= 11 is 0. The van der Waals surface area contributed by atoms with E-state index in [4.69, 9.17) is 10.8 Å². The summed E-state index contributed by atoms with van der Waals surface area (Å²) in [6.45, 7) is 6.15. The summed E-state index contributed by atoms with van der Waals surface area (Å²) in [5, 5.41) is 11.5. The van der Waals surface area contributed by atoms with Crippen LogP contribution in [-0.2, 0) is 9.59 Å². The van der Waals surface area contributed by atoms with Gasteiger partial charge < -0.3 is 16.2 Å². The van der Waals surface area contributed by atoms with Crippen LogP contribution in [-0.4, -0.2) is 29.6 Å². The molecule has 0 saturated heterocycles. The third-order valence-corrected chi connectivity index (χ3v) is 2.87. The molecule has 0 saturated carbocycles. The van der Waals surface area contributed by atoms with Crippen molar-refractivity contribution in [2.75, 3.05) is 6.54 Å². The van der Waals surface area contributed by atoms with E-state index in [1.807, 2.05) is 0 Å². The van der Waals surface area contributed by atoms with Crippen molar-refractivity contribution in [3.8, 4) is 0 Å². The predicted molar refractivity (Wildman–Crippen MR) is 66.5 cm³/mol. The van der Waals surface area contributed by atoms with Crippen LogP contribution in [0.1, 0.15) is 40.0 Å². The van der Waals surface area contributed by atoms with Gasteiger partial charge in [-0.25, -0.2) is 0 Å². The first-order valence-corrected chi connectivity index (χ1v) is 6.11. The summed E-state index contributed by atoms with van der Waals surface area (Å²) in [6, 6.07) is -0.552. The average Bonchev–Trinajstić information content (AvgIpc) is 2.24. The number of carboxylic acids is 1. The van der Waals surface area contributed by atoms with Crippen molar-refractivity contribution in [2.24, 2.45) is 17.6 Å². The number of amides is 1. The Morgan fingerprint density at radius 1 is 1.35 bits per heavy atom. The van der Waals surface area contributed by atoms with E-state index in [9.17, 15) is 9.59 Å². The quantitative estimate of drug-likeness (QED) is 0.593. The number of hydrogen-bond acceptors (Lipinski definition) is 3. The maximum Gasteiger partial charge on any atom is 0.303 e. The highest BCUT2D eigenvalue weighted by Crippen LogP contribution is 2.17. The highest BCUT2D eigenvalue weighted by Gasteiger charge is 2.17. The lowest BCUT2D eigenvalue weighted by atomic mass is 9.91. The minimum absolute atomic E-state index is 0.0230. The molecule has 0 aromatic rings. The molecule has 3 atom stereocenters. The van der Waals surface area contributed by atoms with E-state index in [1.54, 1.807) is 6.92 Å². The summed E-state index contributed by atoms with van der Waals surface area (Å²) in [5.41, 5.74) is 5.42.